The normalized spacial score (nSPS) is 21.7. The maximum Gasteiger partial charge on any atom is 0.229 e. The Kier molecular flexibility index (Phi) is 6.53. The van der Waals surface area contributed by atoms with Gasteiger partial charge in [-0.3, -0.25) is 4.79 Å². The summed E-state index contributed by atoms with van der Waals surface area (Å²) in [4.78, 5) is 26.8. The number of likely N-dealkylation sites (N-methyl/N-ethyl adjacent to an activating group) is 1. The number of rotatable bonds is 6. The summed E-state index contributed by atoms with van der Waals surface area (Å²) in [5.41, 5.74) is 1.57. The molecule has 9 nitrogen and oxygen atoms in total. The summed E-state index contributed by atoms with van der Waals surface area (Å²) in [6.07, 6.45) is 1.79. The van der Waals surface area contributed by atoms with Gasteiger partial charge in [0, 0.05) is 50.0 Å². The van der Waals surface area contributed by atoms with E-state index in [9.17, 15) is 4.79 Å². The van der Waals surface area contributed by atoms with Crippen LogP contribution >= 0.6 is 0 Å². The predicted octanol–water partition coefficient (Wildman–Crippen LogP) is 1.61. The fourth-order valence-corrected chi connectivity index (χ4v) is 4.20. The van der Waals surface area contributed by atoms with Gasteiger partial charge in [-0.15, -0.1) is 0 Å². The number of carbonyl (C=O) groups is 1. The summed E-state index contributed by atoms with van der Waals surface area (Å²) in [5, 5.41) is 3.04. The van der Waals surface area contributed by atoms with Crippen molar-refractivity contribution in [3.05, 3.63) is 36.2 Å². The molecule has 2 aliphatic heterocycles. The monoisotopic (exact) mass is 427 g/mol. The number of morpholine rings is 1. The highest BCUT2D eigenvalue weighted by molar-refractivity contribution is 5.94. The van der Waals surface area contributed by atoms with Crippen molar-refractivity contribution in [2.45, 2.75) is 5.92 Å². The van der Waals surface area contributed by atoms with E-state index in [0.717, 1.165) is 25.3 Å². The Morgan fingerprint density at radius 1 is 1.13 bits per heavy atom. The molecule has 0 radical (unpaired) electrons. The Hall–Kier alpha value is -2.91. The van der Waals surface area contributed by atoms with Crippen molar-refractivity contribution in [1.82, 2.24) is 14.9 Å². The molecule has 1 N–H and O–H groups in total. The molecule has 166 valence electrons. The van der Waals surface area contributed by atoms with Gasteiger partial charge in [0.15, 0.2) is 11.5 Å². The highest BCUT2D eigenvalue weighted by Crippen LogP contribution is 2.34. The molecule has 2 saturated heterocycles. The van der Waals surface area contributed by atoms with Crippen LogP contribution in [-0.2, 0) is 9.53 Å². The molecule has 2 fully saturated rings. The molecule has 9 heteroatoms. The minimum Gasteiger partial charge on any atom is -0.493 e. The smallest absolute Gasteiger partial charge is 0.229 e. The van der Waals surface area contributed by atoms with Crippen LogP contribution in [0.1, 0.15) is 11.6 Å². The van der Waals surface area contributed by atoms with E-state index in [0.29, 0.717) is 42.9 Å². The quantitative estimate of drug-likeness (QED) is 0.744. The van der Waals surface area contributed by atoms with E-state index < -0.39 is 0 Å². The van der Waals surface area contributed by atoms with E-state index in [1.165, 1.54) is 0 Å². The number of aromatic nitrogens is 2. The van der Waals surface area contributed by atoms with Crippen LogP contribution in [0.25, 0.3) is 0 Å². The first kappa shape index (κ1) is 21.3. The van der Waals surface area contributed by atoms with Crippen LogP contribution < -0.4 is 19.7 Å². The molecule has 3 heterocycles. The molecule has 1 aromatic carbocycles. The molecule has 2 aromatic rings. The van der Waals surface area contributed by atoms with Crippen molar-refractivity contribution in [1.29, 1.82) is 0 Å². The van der Waals surface area contributed by atoms with Gasteiger partial charge in [-0.2, -0.15) is 0 Å². The van der Waals surface area contributed by atoms with Crippen molar-refractivity contribution >= 4 is 17.5 Å². The van der Waals surface area contributed by atoms with Crippen molar-refractivity contribution in [3.63, 3.8) is 0 Å². The Balaban J connectivity index is 1.52. The summed E-state index contributed by atoms with van der Waals surface area (Å²) >= 11 is 0. The Labute approximate surface area is 182 Å². The van der Waals surface area contributed by atoms with Gasteiger partial charge >= 0.3 is 0 Å². The predicted molar refractivity (Wildman–Crippen MR) is 117 cm³/mol. The second-order valence-electron chi connectivity index (χ2n) is 7.87. The summed E-state index contributed by atoms with van der Waals surface area (Å²) < 4.78 is 16.1. The van der Waals surface area contributed by atoms with Crippen molar-refractivity contribution in [3.8, 4) is 11.5 Å². The van der Waals surface area contributed by atoms with Crippen LogP contribution in [0.15, 0.2) is 30.5 Å². The number of benzene rings is 1. The second kappa shape index (κ2) is 9.49. The summed E-state index contributed by atoms with van der Waals surface area (Å²) in [7, 11) is 5.19. The lowest BCUT2D eigenvalue weighted by Crippen LogP contribution is -2.37. The van der Waals surface area contributed by atoms with Gasteiger partial charge in [-0.25, -0.2) is 9.97 Å². The summed E-state index contributed by atoms with van der Waals surface area (Å²) in [5.74, 6) is 1.64. The zero-order valence-corrected chi connectivity index (χ0v) is 18.2. The van der Waals surface area contributed by atoms with Gasteiger partial charge in [0.1, 0.15) is 0 Å². The number of anilines is 2. The lowest BCUT2D eigenvalue weighted by molar-refractivity contribution is -0.119. The zero-order chi connectivity index (χ0) is 21.8. The molecular weight excluding hydrogens is 398 g/mol. The summed E-state index contributed by atoms with van der Waals surface area (Å²) in [6, 6.07) is 7.29. The molecule has 2 atom stereocenters. The van der Waals surface area contributed by atoms with Gasteiger partial charge in [0.05, 0.1) is 39.0 Å². The van der Waals surface area contributed by atoms with E-state index >= 15 is 0 Å². The minimum absolute atomic E-state index is 0.00654. The fraction of sp³-hybridized carbons (Fsp3) is 0.500. The van der Waals surface area contributed by atoms with E-state index in [4.69, 9.17) is 19.2 Å². The van der Waals surface area contributed by atoms with E-state index in [2.05, 4.69) is 20.1 Å². The molecule has 4 rings (SSSR count). The van der Waals surface area contributed by atoms with Gasteiger partial charge in [0.25, 0.3) is 0 Å². The molecule has 0 unspecified atom stereocenters. The highest BCUT2D eigenvalue weighted by Gasteiger charge is 2.38. The van der Waals surface area contributed by atoms with Crippen LogP contribution in [0.2, 0.25) is 0 Å². The van der Waals surface area contributed by atoms with Crippen LogP contribution in [0.5, 0.6) is 11.5 Å². The third kappa shape index (κ3) is 4.72. The van der Waals surface area contributed by atoms with Crippen LogP contribution in [0, 0.1) is 5.92 Å². The second-order valence-corrected chi connectivity index (χ2v) is 7.87. The number of likely N-dealkylation sites (tertiary alicyclic amines) is 1. The summed E-state index contributed by atoms with van der Waals surface area (Å²) in [6.45, 7) is 4.34. The van der Waals surface area contributed by atoms with Gasteiger partial charge < -0.3 is 29.3 Å². The van der Waals surface area contributed by atoms with Crippen LogP contribution in [0.4, 0.5) is 11.6 Å². The number of ether oxygens (including phenoxy) is 3. The first-order valence-corrected chi connectivity index (χ1v) is 10.5. The molecule has 0 saturated carbocycles. The maximum absolute atomic E-state index is 13.2. The van der Waals surface area contributed by atoms with Crippen LogP contribution in [-0.4, -0.2) is 81.4 Å². The number of nitrogens with zero attached hydrogens (tertiary/aromatic N) is 4. The molecule has 1 amide bonds. The molecule has 31 heavy (non-hydrogen) atoms. The van der Waals surface area contributed by atoms with Gasteiger partial charge in [0.2, 0.25) is 11.9 Å². The molecule has 1 aromatic heterocycles. The highest BCUT2D eigenvalue weighted by atomic mass is 16.5. The maximum atomic E-state index is 13.2. The Morgan fingerprint density at radius 3 is 2.65 bits per heavy atom. The fourth-order valence-electron chi connectivity index (χ4n) is 4.20. The number of hydrogen-bond donors (Lipinski definition) is 1. The minimum atomic E-state index is -0.217. The average molecular weight is 428 g/mol. The van der Waals surface area contributed by atoms with E-state index in [1.54, 1.807) is 32.5 Å². The zero-order valence-electron chi connectivity index (χ0n) is 18.2. The third-order valence-corrected chi connectivity index (χ3v) is 5.83. The van der Waals surface area contributed by atoms with E-state index in [1.807, 2.05) is 19.2 Å². The number of hydrogen-bond acceptors (Lipinski definition) is 8. The first-order chi connectivity index (χ1) is 15.1. The Morgan fingerprint density at radius 2 is 1.90 bits per heavy atom. The number of nitrogens with one attached hydrogen (secondary N) is 1. The third-order valence-electron chi connectivity index (χ3n) is 5.83. The topological polar surface area (TPSA) is 89.1 Å². The SMILES string of the molecule is COc1ccc(NC(=O)[C@H]2CN(C)C[C@@H]2c2ccnc(N3CCOCC3)n2)cc1OC. The molecule has 0 bridgehead atoms. The lowest BCUT2D eigenvalue weighted by atomic mass is 9.92. The number of carbonyl (C=O) groups excluding carboxylic acids is 1. The molecular formula is C22H29N5O4. The van der Waals surface area contributed by atoms with Crippen molar-refractivity contribution < 1.29 is 19.0 Å². The molecule has 0 aliphatic carbocycles. The number of amides is 1. The lowest BCUT2D eigenvalue weighted by Gasteiger charge is -2.27. The van der Waals surface area contributed by atoms with E-state index in [-0.39, 0.29) is 17.7 Å². The number of methoxy groups -OCH3 is 2. The van der Waals surface area contributed by atoms with Crippen molar-refractivity contribution in [2.75, 3.05) is 70.9 Å². The van der Waals surface area contributed by atoms with Gasteiger partial charge in [-0.1, -0.05) is 0 Å². The van der Waals surface area contributed by atoms with Crippen LogP contribution in [0.3, 0.4) is 0 Å². The standard InChI is InChI=1S/C22H29N5O4/c1-26-13-16(18-6-7-23-22(25-18)27-8-10-31-11-9-27)17(14-26)21(28)24-15-4-5-19(29-2)20(12-15)30-3/h4-7,12,16-17H,8-11,13-14H2,1-3H3,(H,24,28)/t16-,17-/m0/s1. The average Bonchev–Trinajstić information content (AvgIpc) is 3.21. The largest absolute Gasteiger partial charge is 0.493 e. The first-order valence-electron chi connectivity index (χ1n) is 10.5. The van der Waals surface area contributed by atoms with Crippen molar-refractivity contribution in [2.24, 2.45) is 5.92 Å². The molecule has 2 aliphatic rings. The molecule has 0 spiro atoms. The Bertz CT molecular complexity index is 919. The van der Waals surface area contributed by atoms with Gasteiger partial charge in [-0.05, 0) is 25.2 Å².